The first-order valence-electron chi connectivity index (χ1n) is 12.6. The largest absolute Gasteiger partial charge is 0.274 e. The van der Waals surface area contributed by atoms with Crippen LogP contribution in [0.15, 0.2) is 90.1 Å². The summed E-state index contributed by atoms with van der Waals surface area (Å²) >= 11 is 0. The summed E-state index contributed by atoms with van der Waals surface area (Å²) in [5, 5.41) is 0. The van der Waals surface area contributed by atoms with Crippen molar-refractivity contribution >= 4 is 27.6 Å². The molecule has 3 atom stereocenters. The molecule has 2 aliphatic rings. The van der Waals surface area contributed by atoms with Crippen LogP contribution < -0.4 is 9.62 Å². The second-order valence-electron chi connectivity index (χ2n) is 9.78. The molecule has 1 heterocycles. The number of aryl methyl sites for hydroxylation is 1. The first-order chi connectivity index (χ1) is 18.8. The number of rotatable bonds is 7. The third kappa shape index (κ3) is 5.05. The highest BCUT2D eigenvalue weighted by atomic mass is 32.2. The van der Waals surface area contributed by atoms with Crippen molar-refractivity contribution in [1.29, 1.82) is 0 Å². The zero-order valence-electron chi connectivity index (χ0n) is 20.7. The number of carbonyl (C=O) groups is 1. The predicted molar refractivity (Wildman–Crippen MR) is 141 cm³/mol. The number of nitrogens with zero attached hydrogens (tertiary/aromatic N) is 3. The van der Waals surface area contributed by atoms with Gasteiger partial charge in [0.05, 0.1) is 10.6 Å². The molecule has 6 rings (SSSR count). The second-order valence-corrected chi connectivity index (χ2v) is 11.5. The summed E-state index contributed by atoms with van der Waals surface area (Å²) in [7, 11) is -3.90. The number of sulfonamides is 1. The van der Waals surface area contributed by atoms with E-state index in [1.54, 1.807) is 30.6 Å². The van der Waals surface area contributed by atoms with Gasteiger partial charge in [0, 0.05) is 24.4 Å². The SMILES string of the molecule is O=C(C1CC1c1cccc(F)c1)N(c1ccc2c(c1)C(NS(=O)(=O)c1ccc(F)cc1)CC2)c1ncccn1. The number of halogens is 2. The highest BCUT2D eigenvalue weighted by Gasteiger charge is 2.47. The van der Waals surface area contributed by atoms with Gasteiger partial charge in [0.2, 0.25) is 21.9 Å². The quantitative estimate of drug-likeness (QED) is 0.345. The Bertz CT molecular complexity index is 1650. The molecular weight excluding hydrogens is 522 g/mol. The Balaban J connectivity index is 1.31. The fourth-order valence-electron chi connectivity index (χ4n) is 5.21. The molecule has 3 unspecified atom stereocenters. The molecule has 1 aromatic heterocycles. The zero-order valence-corrected chi connectivity index (χ0v) is 21.5. The molecule has 1 fully saturated rings. The second kappa shape index (κ2) is 9.94. The number of amides is 1. The highest BCUT2D eigenvalue weighted by molar-refractivity contribution is 7.89. The minimum absolute atomic E-state index is 0.0277. The lowest BCUT2D eigenvalue weighted by molar-refractivity contribution is -0.119. The first kappa shape index (κ1) is 25.3. The van der Waals surface area contributed by atoms with Gasteiger partial charge in [-0.05, 0) is 96.5 Å². The van der Waals surface area contributed by atoms with Crippen molar-refractivity contribution in [2.45, 2.75) is 36.1 Å². The summed E-state index contributed by atoms with van der Waals surface area (Å²) in [4.78, 5) is 23.9. The Morgan fingerprint density at radius 3 is 2.44 bits per heavy atom. The maximum atomic E-state index is 13.8. The molecule has 0 radical (unpaired) electrons. The van der Waals surface area contributed by atoms with E-state index in [1.165, 1.54) is 29.2 Å². The molecule has 7 nitrogen and oxygen atoms in total. The topological polar surface area (TPSA) is 92.3 Å². The molecule has 0 bridgehead atoms. The van der Waals surface area contributed by atoms with E-state index in [-0.39, 0.29) is 34.4 Å². The number of aromatic nitrogens is 2. The molecule has 2 aliphatic carbocycles. The van der Waals surface area contributed by atoms with Crippen LogP contribution in [0.3, 0.4) is 0 Å². The van der Waals surface area contributed by atoms with Gasteiger partial charge in [-0.15, -0.1) is 0 Å². The van der Waals surface area contributed by atoms with Crippen LogP contribution in [0.25, 0.3) is 0 Å². The third-order valence-corrected chi connectivity index (χ3v) is 8.73. The van der Waals surface area contributed by atoms with Gasteiger partial charge in [-0.3, -0.25) is 4.79 Å². The van der Waals surface area contributed by atoms with Crippen molar-refractivity contribution in [2.75, 3.05) is 4.90 Å². The van der Waals surface area contributed by atoms with Crippen molar-refractivity contribution in [3.05, 3.63) is 114 Å². The van der Waals surface area contributed by atoms with Crippen molar-refractivity contribution in [3.63, 3.8) is 0 Å². The van der Waals surface area contributed by atoms with Crippen molar-refractivity contribution in [3.8, 4) is 0 Å². The minimum Gasteiger partial charge on any atom is -0.274 e. The first-order valence-corrected chi connectivity index (χ1v) is 14.1. The van der Waals surface area contributed by atoms with Crippen LogP contribution in [0, 0.1) is 17.6 Å². The molecule has 1 amide bonds. The molecule has 198 valence electrons. The summed E-state index contributed by atoms with van der Waals surface area (Å²) in [6, 6.07) is 17.6. The summed E-state index contributed by atoms with van der Waals surface area (Å²) in [6.07, 6.45) is 4.88. The Morgan fingerprint density at radius 1 is 0.923 bits per heavy atom. The van der Waals surface area contributed by atoms with E-state index in [9.17, 15) is 22.0 Å². The smallest absolute Gasteiger partial charge is 0.241 e. The normalized spacial score (nSPS) is 19.9. The number of anilines is 2. The molecule has 1 N–H and O–H groups in total. The van der Waals surface area contributed by atoms with E-state index in [1.807, 2.05) is 18.2 Å². The van der Waals surface area contributed by atoms with Gasteiger partial charge in [-0.2, -0.15) is 0 Å². The predicted octanol–water partition coefficient (Wildman–Crippen LogP) is 5.19. The highest BCUT2D eigenvalue weighted by Crippen LogP contribution is 2.50. The van der Waals surface area contributed by atoms with E-state index < -0.39 is 21.9 Å². The van der Waals surface area contributed by atoms with E-state index in [0.29, 0.717) is 24.9 Å². The minimum atomic E-state index is -3.90. The summed E-state index contributed by atoms with van der Waals surface area (Å²) < 4.78 is 55.9. The van der Waals surface area contributed by atoms with Crippen molar-refractivity contribution < 1.29 is 22.0 Å². The standard InChI is InChI=1S/C29H24F2N4O3S/c30-20-7-10-23(11-8-20)39(37,38)34-27-12-6-18-5-9-22(16-25(18)27)35(29-32-13-2-14-33-29)28(36)26-17-24(26)19-3-1-4-21(31)15-19/h1-5,7-11,13-16,24,26-27,34H,6,12,17H2. The van der Waals surface area contributed by atoms with E-state index >= 15 is 0 Å². The summed E-state index contributed by atoms with van der Waals surface area (Å²) in [5.74, 6) is -1.35. The average Bonchev–Trinajstić information content (AvgIpc) is 3.65. The Kier molecular flexibility index (Phi) is 6.44. The maximum absolute atomic E-state index is 13.8. The molecule has 4 aromatic rings. The Hall–Kier alpha value is -4.02. The van der Waals surface area contributed by atoms with Gasteiger partial charge in [0.15, 0.2) is 0 Å². The van der Waals surface area contributed by atoms with Crippen molar-refractivity contribution in [1.82, 2.24) is 14.7 Å². The fourth-order valence-corrected chi connectivity index (χ4v) is 6.46. The van der Waals surface area contributed by atoms with Crippen LogP contribution in [-0.4, -0.2) is 24.3 Å². The zero-order chi connectivity index (χ0) is 27.1. The summed E-state index contributed by atoms with van der Waals surface area (Å²) in [6.45, 7) is 0. The van der Waals surface area contributed by atoms with Crippen LogP contribution in [-0.2, 0) is 21.2 Å². The van der Waals surface area contributed by atoms with Crippen LogP contribution in [0.4, 0.5) is 20.4 Å². The van der Waals surface area contributed by atoms with Crippen LogP contribution in [0.5, 0.6) is 0 Å². The molecule has 10 heteroatoms. The maximum Gasteiger partial charge on any atom is 0.241 e. The third-order valence-electron chi connectivity index (χ3n) is 7.24. The van der Waals surface area contributed by atoms with Crippen molar-refractivity contribution in [2.24, 2.45) is 5.92 Å². The number of hydrogen-bond acceptors (Lipinski definition) is 5. The molecule has 39 heavy (non-hydrogen) atoms. The van der Waals surface area contributed by atoms with Gasteiger partial charge in [0.25, 0.3) is 0 Å². The molecule has 0 saturated heterocycles. The monoisotopic (exact) mass is 546 g/mol. The van der Waals surface area contributed by atoms with E-state index in [0.717, 1.165) is 28.8 Å². The van der Waals surface area contributed by atoms with Gasteiger partial charge < -0.3 is 0 Å². The fraction of sp³-hybridized carbons (Fsp3) is 0.207. The molecule has 3 aromatic carbocycles. The van der Waals surface area contributed by atoms with Crippen LogP contribution in [0.2, 0.25) is 0 Å². The lowest BCUT2D eigenvalue weighted by Crippen LogP contribution is -2.30. The number of benzene rings is 3. The number of carbonyl (C=O) groups excluding carboxylic acids is 1. The summed E-state index contributed by atoms with van der Waals surface area (Å²) in [5.41, 5.74) is 3.01. The Morgan fingerprint density at radius 2 is 1.69 bits per heavy atom. The molecule has 1 saturated carbocycles. The van der Waals surface area contributed by atoms with E-state index in [4.69, 9.17) is 0 Å². The van der Waals surface area contributed by atoms with Gasteiger partial charge >= 0.3 is 0 Å². The van der Waals surface area contributed by atoms with Gasteiger partial charge in [-0.1, -0.05) is 18.2 Å². The van der Waals surface area contributed by atoms with Gasteiger partial charge in [-0.25, -0.2) is 36.8 Å². The number of hydrogen-bond donors (Lipinski definition) is 1. The van der Waals surface area contributed by atoms with E-state index in [2.05, 4.69) is 14.7 Å². The lowest BCUT2D eigenvalue weighted by Gasteiger charge is -2.23. The average molecular weight is 547 g/mol. The molecule has 0 aliphatic heterocycles. The number of nitrogens with one attached hydrogen (secondary N) is 1. The van der Waals surface area contributed by atoms with Gasteiger partial charge in [0.1, 0.15) is 11.6 Å². The van der Waals surface area contributed by atoms with Crippen LogP contribution >= 0.6 is 0 Å². The number of fused-ring (bicyclic) bond motifs is 1. The molecule has 0 spiro atoms. The lowest BCUT2D eigenvalue weighted by atomic mass is 10.1. The Labute approximate surface area is 224 Å². The van der Waals surface area contributed by atoms with Crippen LogP contribution in [0.1, 0.15) is 41.5 Å². The molecular formula is C29H24F2N4O3S.